The number of aromatic nitrogens is 6. The van der Waals surface area contributed by atoms with E-state index in [9.17, 15) is 27.6 Å². The first-order valence-electron chi connectivity index (χ1n) is 16.5. The Balaban J connectivity index is 0.000000845. The first-order chi connectivity index (χ1) is 25.4. The number of carbonyl (C=O) groups is 4. The van der Waals surface area contributed by atoms with E-state index in [1.54, 1.807) is 36.5 Å². The lowest BCUT2D eigenvalue weighted by Crippen LogP contribution is -2.30. The number of H-pyrrole nitrogens is 1. The largest absolute Gasteiger partial charge is 0.490 e. The molecule has 3 heterocycles. The number of nitrogens with zero attached hydrogens (tertiary/aromatic N) is 5. The number of imidazole rings is 1. The van der Waals surface area contributed by atoms with Gasteiger partial charge in [-0.25, -0.2) is 14.6 Å². The van der Waals surface area contributed by atoms with Crippen LogP contribution < -0.4 is 10.6 Å². The van der Waals surface area contributed by atoms with Crippen LogP contribution in [0.15, 0.2) is 55.0 Å². The molecule has 0 radical (unpaired) electrons. The number of carboxylic acid groups (broad SMARTS) is 1. The maximum absolute atomic E-state index is 13.4. The fraction of sp³-hybridized carbons (Fsp3) is 0.371. The van der Waals surface area contributed by atoms with E-state index in [-0.39, 0.29) is 11.9 Å². The lowest BCUT2D eigenvalue weighted by molar-refractivity contribution is -0.192. The van der Waals surface area contributed by atoms with Crippen LogP contribution in [0.4, 0.5) is 23.7 Å². The number of esters is 1. The number of alkyl halides is 3. The van der Waals surface area contributed by atoms with Crippen molar-refractivity contribution in [3.8, 4) is 16.9 Å². The number of carbonyl (C=O) groups excluding carboxylic acids is 3. The van der Waals surface area contributed by atoms with Crippen molar-refractivity contribution in [1.82, 2.24) is 35.5 Å². The Morgan fingerprint density at radius 3 is 2.44 bits per heavy atom. The highest BCUT2D eigenvalue weighted by atomic mass is 35.5. The van der Waals surface area contributed by atoms with E-state index < -0.39 is 35.8 Å². The van der Waals surface area contributed by atoms with Crippen molar-refractivity contribution >= 4 is 47.3 Å². The van der Waals surface area contributed by atoms with Crippen molar-refractivity contribution in [1.29, 1.82) is 0 Å². The topological polar surface area (TPSA) is 203 Å². The van der Waals surface area contributed by atoms with Crippen molar-refractivity contribution in [2.75, 3.05) is 12.4 Å². The van der Waals surface area contributed by atoms with Crippen LogP contribution in [0.5, 0.6) is 0 Å². The molecular formula is C35H38ClF3N8O7. The maximum Gasteiger partial charge on any atom is 0.490 e. The van der Waals surface area contributed by atoms with E-state index in [0.717, 1.165) is 17.5 Å². The second-order valence-electron chi connectivity index (χ2n) is 13.0. The number of hydrogen-bond donors (Lipinski definition) is 4. The van der Waals surface area contributed by atoms with Gasteiger partial charge in [0.2, 0.25) is 5.91 Å². The molecule has 0 aliphatic carbocycles. The van der Waals surface area contributed by atoms with Crippen LogP contribution in [0.2, 0.25) is 5.02 Å². The highest BCUT2D eigenvalue weighted by Gasteiger charge is 2.38. The Bertz CT molecular complexity index is 1980. The van der Waals surface area contributed by atoms with Crippen LogP contribution in [0.1, 0.15) is 69.4 Å². The molecular weight excluding hydrogens is 737 g/mol. The number of aromatic amines is 1. The molecule has 0 fully saturated rings. The molecule has 2 aromatic heterocycles. The first kappa shape index (κ1) is 41.0. The van der Waals surface area contributed by atoms with Gasteiger partial charge in [-0.05, 0) is 92.4 Å². The summed E-state index contributed by atoms with van der Waals surface area (Å²) in [7, 11) is 1.30. The second-order valence-corrected chi connectivity index (χ2v) is 13.5. The number of fused-ring (bicyclic) bond motifs is 4. The van der Waals surface area contributed by atoms with Crippen LogP contribution >= 0.6 is 11.6 Å². The number of rotatable bonds is 6. The summed E-state index contributed by atoms with van der Waals surface area (Å²) in [6.07, 6.45) is 3.59. The van der Waals surface area contributed by atoms with Crippen molar-refractivity contribution in [2.45, 2.75) is 70.7 Å². The van der Waals surface area contributed by atoms with Crippen LogP contribution in [-0.2, 0) is 30.3 Å². The number of benzene rings is 2. The Morgan fingerprint density at radius 1 is 1.07 bits per heavy atom. The van der Waals surface area contributed by atoms with Gasteiger partial charge in [0.25, 0.3) is 0 Å². The van der Waals surface area contributed by atoms with Gasteiger partial charge in [0, 0.05) is 27.9 Å². The molecule has 2 atom stereocenters. The van der Waals surface area contributed by atoms with Crippen molar-refractivity contribution in [2.24, 2.45) is 5.92 Å². The molecule has 19 heteroatoms. The SMILES string of the molecule is COC(=O)Nc1ccc2c(c1)C[C@@H](C(=O)OC(C)(C)C)CCCCC(NC(=O)/C=C/c1cc(Cl)ccc1-n1cnnn1)c1ncc-2[nH]1.O=C(O)C(F)(F)F. The molecule has 1 aliphatic heterocycles. The van der Waals surface area contributed by atoms with Gasteiger partial charge in [0.05, 0.1) is 36.6 Å². The minimum absolute atomic E-state index is 0.283. The number of aliphatic carboxylic acids is 1. The summed E-state index contributed by atoms with van der Waals surface area (Å²) in [6, 6.07) is 10.2. The zero-order valence-electron chi connectivity index (χ0n) is 29.6. The molecule has 0 saturated heterocycles. The predicted molar refractivity (Wildman–Crippen MR) is 189 cm³/mol. The number of carboxylic acids is 1. The third-order valence-corrected chi connectivity index (χ3v) is 8.05. The number of methoxy groups -OCH3 is 1. The van der Waals surface area contributed by atoms with Gasteiger partial charge >= 0.3 is 24.2 Å². The van der Waals surface area contributed by atoms with Gasteiger partial charge in [-0.1, -0.05) is 30.5 Å². The Hall–Kier alpha value is -5.78. The fourth-order valence-corrected chi connectivity index (χ4v) is 5.60. The number of nitrogens with one attached hydrogen (secondary N) is 3. The van der Waals surface area contributed by atoms with E-state index in [1.165, 1.54) is 24.2 Å². The monoisotopic (exact) mass is 774 g/mol. The summed E-state index contributed by atoms with van der Waals surface area (Å²) in [5, 5.41) is 24.7. The third-order valence-electron chi connectivity index (χ3n) is 7.81. The Labute approximate surface area is 312 Å². The summed E-state index contributed by atoms with van der Waals surface area (Å²) >= 11 is 6.24. The number of amides is 2. The Morgan fingerprint density at radius 2 is 1.80 bits per heavy atom. The van der Waals surface area contributed by atoms with Gasteiger partial charge < -0.3 is 24.9 Å². The van der Waals surface area contributed by atoms with Crippen LogP contribution in [0, 0.1) is 5.92 Å². The highest BCUT2D eigenvalue weighted by Crippen LogP contribution is 2.32. The van der Waals surface area contributed by atoms with Crippen LogP contribution in [-0.4, -0.2) is 78.1 Å². The number of ether oxygens (including phenoxy) is 2. The molecule has 4 N–H and O–H groups in total. The second kappa shape index (κ2) is 17.8. The predicted octanol–water partition coefficient (Wildman–Crippen LogP) is 6.46. The molecule has 288 valence electrons. The zero-order valence-corrected chi connectivity index (χ0v) is 30.4. The van der Waals surface area contributed by atoms with Crippen LogP contribution in [0.3, 0.4) is 0 Å². The molecule has 1 unspecified atom stereocenters. The minimum atomic E-state index is -5.08. The molecule has 2 amide bonds. The highest BCUT2D eigenvalue weighted by molar-refractivity contribution is 6.30. The van der Waals surface area contributed by atoms with E-state index in [0.29, 0.717) is 59.2 Å². The normalized spacial score (nSPS) is 16.1. The fourth-order valence-electron chi connectivity index (χ4n) is 5.42. The van der Waals surface area contributed by atoms with Gasteiger partial charge in [0.15, 0.2) is 0 Å². The van der Waals surface area contributed by atoms with Crippen molar-refractivity contribution in [3.05, 3.63) is 77.0 Å². The van der Waals surface area contributed by atoms with Crippen LogP contribution in [0.25, 0.3) is 23.0 Å². The van der Waals surface area contributed by atoms with Gasteiger partial charge in [-0.2, -0.15) is 17.9 Å². The minimum Gasteiger partial charge on any atom is -0.475 e. The van der Waals surface area contributed by atoms with Gasteiger partial charge in [-0.15, -0.1) is 5.10 Å². The molecule has 1 aliphatic rings. The summed E-state index contributed by atoms with van der Waals surface area (Å²) in [4.78, 5) is 55.5. The Kier molecular flexibility index (Phi) is 13.5. The number of hydrogen-bond acceptors (Lipinski definition) is 10. The third kappa shape index (κ3) is 11.9. The summed E-state index contributed by atoms with van der Waals surface area (Å²) in [5.41, 5.74) is 3.56. The summed E-state index contributed by atoms with van der Waals surface area (Å²) in [5.74, 6) is -3.19. The smallest absolute Gasteiger partial charge is 0.475 e. The van der Waals surface area contributed by atoms with E-state index >= 15 is 0 Å². The molecule has 2 aromatic carbocycles. The quantitative estimate of drug-likeness (QED) is 0.124. The maximum atomic E-state index is 13.4. The lowest BCUT2D eigenvalue weighted by atomic mass is 9.89. The number of halogens is 4. The molecule has 15 nitrogen and oxygen atoms in total. The van der Waals surface area contributed by atoms with Gasteiger partial charge in [-0.3, -0.25) is 14.9 Å². The van der Waals surface area contributed by atoms with Gasteiger partial charge in [0.1, 0.15) is 17.8 Å². The standard InChI is InChI=1S/C33H37ClN8O5.C2HF3O2/c1-33(2,3)47-31(44)21-7-5-6-8-26(38-29(43)14-9-20-16-23(34)10-13-28(20)42-19-36-40-41-42)30-35-18-27(39-30)25-12-11-24(17-22(25)15-21)37-32(45)46-4;3-2(4,5)1(6)7/h9-14,16-19,21,26H,5-8,15H2,1-4H3,(H,35,39)(H,37,45)(H,38,43);(H,6,7)/b14-9+;/t21-,26?;/m0./s1. The average Bonchev–Trinajstić information content (AvgIpc) is 3.80. The van der Waals surface area contributed by atoms with E-state index in [4.69, 9.17) is 31.0 Å². The first-order valence-corrected chi connectivity index (χ1v) is 16.9. The summed E-state index contributed by atoms with van der Waals surface area (Å²) in [6.45, 7) is 5.54. The lowest BCUT2D eigenvalue weighted by Gasteiger charge is -2.25. The molecule has 2 bridgehead atoms. The molecule has 0 spiro atoms. The van der Waals surface area contributed by atoms with E-state index in [2.05, 4.69) is 36.1 Å². The zero-order chi connectivity index (χ0) is 39.6. The molecule has 0 saturated carbocycles. The summed E-state index contributed by atoms with van der Waals surface area (Å²) < 4.78 is 43.8. The van der Waals surface area contributed by atoms with E-state index in [1.807, 2.05) is 32.9 Å². The number of anilines is 1. The molecule has 5 rings (SSSR count). The number of tetrazole rings is 1. The average molecular weight is 775 g/mol. The van der Waals surface area contributed by atoms with Crippen molar-refractivity contribution in [3.63, 3.8) is 0 Å². The molecule has 54 heavy (non-hydrogen) atoms. The molecule has 4 aromatic rings. The van der Waals surface area contributed by atoms with Crippen molar-refractivity contribution < 1.29 is 46.9 Å².